The van der Waals surface area contributed by atoms with Crippen molar-refractivity contribution >= 4 is 36.7 Å². The normalized spacial score (nSPS) is 12.1. The van der Waals surface area contributed by atoms with Crippen LogP contribution in [0, 0.1) is 6.92 Å². The van der Waals surface area contributed by atoms with Crippen LogP contribution in [0.25, 0.3) is 16.5 Å². The molecule has 0 aromatic heterocycles. The SMILES string of the molecule is Cc1c(S(=O)(=O)O)cc2c(S(=O)(=O)O)ccc([NH-])c2c1O.[Y]. The minimum atomic E-state index is -4.72. The Labute approximate surface area is 151 Å². The number of phenols is 1. The number of rotatable bonds is 2. The zero-order valence-electron chi connectivity index (χ0n) is 11.1. The molecular weight excluding hydrogens is 411 g/mol. The van der Waals surface area contributed by atoms with Gasteiger partial charge >= 0.3 is 0 Å². The van der Waals surface area contributed by atoms with Crippen LogP contribution in [0.2, 0.25) is 0 Å². The van der Waals surface area contributed by atoms with Crippen molar-refractivity contribution in [1.29, 1.82) is 0 Å². The molecule has 0 spiro atoms. The van der Waals surface area contributed by atoms with Crippen molar-refractivity contribution in [3.63, 3.8) is 0 Å². The molecule has 0 unspecified atom stereocenters. The molecule has 0 saturated carbocycles. The van der Waals surface area contributed by atoms with Gasteiger partial charge in [-0.3, -0.25) is 9.11 Å². The Bertz CT molecular complexity index is 968. The molecule has 0 aliphatic carbocycles. The van der Waals surface area contributed by atoms with Gasteiger partial charge in [0.15, 0.2) is 0 Å². The van der Waals surface area contributed by atoms with Crippen LogP contribution >= 0.6 is 0 Å². The van der Waals surface area contributed by atoms with E-state index in [0.29, 0.717) is 0 Å². The molecule has 0 amide bonds. The standard InChI is InChI=1S/C11H10NO7S2.Y/c1-5-9(21(17,18)19)4-6-8(20(14,15)16)3-2-7(12)10(6)11(5)13;/h2-4,12-13H,1H3,(H,14,15,16)(H,17,18,19);/q-1;. The van der Waals surface area contributed by atoms with Crippen molar-refractivity contribution in [2.24, 2.45) is 0 Å². The molecule has 117 valence electrons. The smallest absolute Gasteiger partial charge is 0.295 e. The van der Waals surface area contributed by atoms with Crippen molar-refractivity contribution in [3.8, 4) is 5.75 Å². The zero-order valence-corrected chi connectivity index (χ0v) is 15.6. The third-order valence-electron chi connectivity index (χ3n) is 3.00. The number of aromatic hydroxyl groups is 1. The van der Waals surface area contributed by atoms with E-state index in [1.165, 1.54) is 6.92 Å². The predicted molar refractivity (Wildman–Crippen MR) is 74.0 cm³/mol. The largest absolute Gasteiger partial charge is 0.698 e. The monoisotopic (exact) mass is 421 g/mol. The topological polar surface area (TPSA) is 153 Å². The van der Waals surface area contributed by atoms with Gasteiger partial charge in [0.05, 0.1) is 0 Å². The summed E-state index contributed by atoms with van der Waals surface area (Å²) in [5, 5.41) is 9.39. The van der Waals surface area contributed by atoms with Gasteiger partial charge in [0.2, 0.25) is 0 Å². The molecule has 8 nitrogen and oxygen atoms in total. The fourth-order valence-electron chi connectivity index (χ4n) is 2.04. The second-order valence-electron chi connectivity index (χ2n) is 4.33. The van der Waals surface area contributed by atoms with Crippen LogP contribution in [0.3, 0.4) is 0 Å². The molecule has 2 rings (SSSR count). The first-order chi connectivity index (χ1) is 9.44. The molecule has 0 heterocycles. The number of phenolic OH excluding ortho intramolecular Hbond substituents is 1. The molecule has 0 fully saturated rings. The van der Waals surface area contributed by atoms with Gasteiger partial charge in [-0.15, -0.1) is 5.69 Å². The van der Waals surface area contributed by atoms with Gasteiger partial charge in [0, 0.05) is 49.0 Å². The van der Waals surface area contributed by atoms with Crippen LogP contribution in [0.4, 0.5) is 5.69 Å². The third-order valence-corrected chi connectivity index (χ3v) is 4.89. The maximum Gasteiger partial charge on any atom is 0.295 e. The summed E-state index contributed by atoms with van der Waals surface area (Å²) >= 11 is 0. The van der Waals surface area contributed by atoms with Crippen molar-refractivity contribution < 1.29 is 63.8 Å². The molecule has 11 heteroatoms. The van der Waals surface area contributed by atoms with Gasteiger partial charge < -0.3 is 10.8 Å². The number of fused-ring (bicyclic) bond motifs is 1. The van der Waals surface area contributed by atoms with Gasteiger partial charge in [-0.1, -0.05) is 6.07 Å². The van der Waals surface area contributed by atoms with Gasteiger partial charge in [-0.05, 0) is 19.1 Å². The van der Waals surface area contributed by atoms with Crippen LogP contribution in [-0.4, -0.2) is 31.0 Å². The summed E-state index contributed by atoms with van der Waals surface area (Å²) in [5.74, 6) is -0.657. The molecule has 2 aromatic rings. The van der Waals surface area contributed by atoms with E-state index in [1.54, 1.807) is 0 Å². The molecule has 4 N–H and O–H groups in total. The molecule has 0 bridgehead atoms. The third kappa shape index (κ3) is 3.26. The van der Waals surface area contributed by atoms with Crippen LogP contribution in [0.5, 0.6) is 5.75 Å². The van der Waals surface area contributed by atoms with E-state index in [9.17, 15) is 21.9 Å². The van der Waals surface area contributed by atoms with Crippen LogP contribution < -0.4 is 0 Å². The van der Waals surface area contributed by atoms with Gasteiger partial charge in [-0.2, -0.15) is 16.8 Å². The van der Waals surface area contributed by atoms with Crippen LogP contribution in [0.15, 0.2) is 28.0 Å². The summed E-state index contributed by atoms with van der Waals surface area (Å²) < 4.78 is 63.5. The van der Waals surface area contributed by atoms with Crippen molar-refractivity contribution in [2.45, 2.75) is 16.7 Å². The molecule has 1 radical (unpaired) electrons. The van der Waals surface area contributed by atoms with E-state index in [-0.39, 0.29) is 54.7 Å². The van der Waals surface area contributed by atoms with E-state index in [2.05, 4.69) is 0 Å². The number of benzene rings is 2. The fraction of sp³-hybridized carbons (Fsp3) is 0.0909. The maximum absolute atomic E-state index is 11.3. The summed E-state index contributed by atoms with van der Waals surface area (Å²) in [6.07, 6.45) is 0. The summed E-state index contributed by atoms with van der Waals surface area (Å²) in [6, 6.07) is 2.74. The van der Waals surface area contributed by atoms with E-state index < -0.39 is 35.8 Å². The molecule has 0 aliphatic rings. The predicted octanol–water partition coefficient (Wildman–Crippen LogP) is 2.03. The van der Waals surface area contributed by atoms with Crippen molar-refractivity contribution in [1.82, 2.24) is 0 Å². The Hall–Kier alpha value is -0.776. The molecule has 0 saturated heterocycles. The molecule has 0 aliphatic heterocycles. The second kappa shape index (κ2) is 6.02. The number of hydrogen-bond acceptors (Lipinski definition) is 5. The Morgan fingerprint density at radius 2 is 1.50 bits per heavy atom. The van der Waals surface area contributed by atoms with Crippen LogP contribution in [-0.2, 0) is 52.9 Å². The molecular formula is C11H10NO7S2Y-. The number of nitrogens with one attached hydrogen (secondary N) is 1. The first kappa shape index (κ1) is 19.3. The average molecular weight is 421 g/mol. The zero-order chi connectivity index (χ0) is 16.2. The minimum absolute atomic E-state index is 0. The van der Waals surface area contributed by atoms with Crippen molar-refractivity contribution in [3.05, 3.63) is 29.5 Å². The minimum Gasteiger partial charge on any atom is -0.698 e. The van der Waals surface area contributed by atoms with Gasteiger partial charge in [0.25, 0.3) is 20.2 Å². The van der Waals surface area contributed by atoms with E-state index >= 15 is 0 Å². The number of hydrogen-bond donors (Lipinski definition) is 3. The van der Waals surface area contributed by atoms with Crippen molar-refractivity contribution in [2.75, 3.05) is 0 Å². The Balaban J connectivity index is 0.00000242. The second-order valence-corrected chi connectivity index (χ2v) is 7.11. The average Bonchev–Trinajstić information content (AvgIpc) is 2.30. The molecule has 2 aromatic carbocycles. The van der Waals surface area contributed by atoms with E-state index in [4.69, 9.17) is 14.8 Å². The Morgan fingerprint density at radius 3 is 1.95 bits per heavy atom. The summed E-state index contributed by atoms with van der Waals surface area (Å²) in [7, 11) is -9.43. The summed E-state index contributed by atoms with van der Waals surface area (Å²) in [5.41, 5.74) is 7.19. The van der Waals surface area contributed by atoms with Gasteiger partial charge in [0.1, 0.15) is 15.5 Å². The van der Waals surface area contributed by atoms with Crippen LogP contribution in [0.1, 0.15) is 5.56 Å². The molecule has 0 atom stereocenters. The van der Waals surface area contributed by atoms with E-state index in [1.807, 2.05) is 0 Å². The quantitative estimate of drug-likeness (QED) is 0.627. The Kier molecular flexibility index (Phi) is 5.28. The Morgan fingerprint density at radius 1 is 1.00 bits per heavy atom. The fourth-order valence-corrected chi connectivity index (χ4v) is 3.46. The molecule has 22 heavy (non-hydrogen) atoms. The summed E-state index contributed by atoms with van der Waals surface area (Å²) in [6.45, 7) is 1.19. The van der Waals surface area contributed by atoms with Gasteiger partial charge in [-0.25, -0.2) is 0 Å². The first-order valence-electron chi connectivity index (χ1n) is 5.40. The maximum atomic E-state index is 11.3. The van der Waals surface area contributed by atoms with E-state index in [0.717, 1.165) is 18.2 Å². The summed E-state index contributed by atoms with van der Waals surface area (Å²) in [4.78, 5) is -1.38. The first-order valence-corrected chi connectivity index (χ1v) is 8.28.